The molecule has 1 aromatic carbocycles. The van der Waals surface area contributed by atoms with Crippen molar-refractivity contribution in [3.8, 4) is 0 Å². The lowest BCUT2D eigenvalue weighted by molar-refractivity contribution is 0.199. The van der Waals surface area contributed by atoms with Crippen molar-refractivity contribution in [2.75, 3.05) is 19.6 Å². The molecule has 1 aliphatic rings. The number of rotatable bonds is 5. The summed E-state index contributed by atoms with van der Waals surface area (Å²) >= 11 is 0. The van der Waals surface area contributed by atoms with Gasteiger partial charge in [0.2, 0.25) is 0 Å². The molecule has 2 nitrogen and oxygen atoms in total. The summed E-state index contributed by atoms with van der Waals surface area (Å²) in [5.74, 6) is -1.53. The maximum absolute atomic E-state index is 13.2. The Labute approximate surface area is 107 Å². The van der Waals surface area contributed by atoms with Crippen LogP contribution in [0.1, 0.15) is 25.3 Å². The lowest BCUT2D eigenvalue weighted by Gasteiger charge is -2.28. The first-order chi connectivity index (χ1) is 8.70. The molecule has 0 radical (unpaired) electrons. The average Bonchev–Trinajstić information content (AvgIpc) is 2.87. The average molecular weight is 254 g/mol. The molecule has 1 unspecified atom stereocenters. The largest absolute Gasteiger partial charge is 0.315 e. The molecule has 0 aromatic heterocycles. The van der Waals surface area contributed by atoms with E-state index >= 15 is 0 Å². The van der Waals surface area contributed by atoms with Crippen molar-refractivity contribution in [3.05, 3.63) is 35.4 Å². The molecule has 18 heavy (non-hydrogen) atoms. The van der Waals surface area contributed by atoms with Crippen LogP contribution in [0.2, 0.25) is 0 Å². The molecule has 0 spiro atoms. The fraction of sp³-hybridized carbons (Fsp3) is 0.571. The molecule has 0 amide bonds. The highest BCUT2D eigenvalue weighted by molar-refractivity contribution is 5.17. The molecular formula is C14H20F2N2. The second-order valence-corrected chi connectivity index (χ2v) is 4.87. The van der Waals surface area contributed by atoms with Crippen LogP contribution in [-0.4, -0.2) is 30.6 Å². The van der Waals surface area contributed by atoms with Crippen molar-refractivity contribution < 1.29 is 8.78 Å². The zero-order chi connectivity index (χ0) is 13.0. The van der Waals surface area contributed by atoms with E-state index in [1.165, 1.54) is 12.1 Å². The van der Waals surface area contributed by atoms with Crippen molar-refractivity contribution in [1.29, 1.82) is 0 Å². The number of benzene rings is 1. The third-order valence-corrected chi connectivity index (χ3v) is 3.43. The smallest absolute Gasteiger partial charge is 0.159 e. The van der Waals surface area contributed by atoms with Crippen LogP contribution in [0.3, 0.4) is 0 Å². The Morgan fingerprint density at radius 2 is 2.17 bits per heavy atom. The van der Waals surface area contributed by atoms with Crippen molar-refractivity contribution in [3.63, 3.8) is 0 Å². The van der Waals surface area contributed by atoms with E-state index in [2.05, 4.69) is 17.1 Å². The number of nitrogens with zero attached hydrogens (tertiary/aromatic N) is 1. The molecule has 0 aliphatic carbocycles. The van der Waals surface area contributed by atoms with Gasteiger partial charge in [-0.3, -0.25) is 4.90 Å². The van der Waals surface area contributed by atoms with Crippen molar-refractivity contribution in [2.24, 2.45) is 0 Å². The van der Waals surface area contributed by atoms with Gasteiger partial charge < -0.3 is 5.32 Å². The van der Waals surface area contributed by atoms with E-state index in [1.54, 1.807) is 6.07 Å². The van der Waals surface area contributed by atoms with Gasteiger partial charge in [0.25, 0.3) is 0 Å². The van der Waals surface area contributed by atoms with Gasteiger partial charge in [-0.2, -0.15) is 0 Å². The van der Waals surface area contributed by atoms with Crippen molar-refractivity contribution in [2.45, 2.75) is 32.4 Å². The zero-order valence-corrected chi connectivity index (χ0v) is 10.8. The summed E-state index contributed by atoms with van der Waals surface area (Å²) in [7, 11) is 0. The highest BCUT2D eigenvalue weighted by Crippen LogP contribution is 2.16. The third-order valence-electron chi connectivity index (χ3n) is 3.43. The number of hydrogen-bond donors (Lipinski definition) is 1. The highest BCUT2D eigenvalue weighted by Gasteiger charge is 2.21. The molecule has 1 fully saturated rings. The summed E-state index contributed by atoms with van der Waals surface area (Å²) in [6, 6.07) is 4.70. The standard InChI is InChI=1S/C14H20F2N2/c1-2-7-18(12-5-6-17-9-12)10-11-3-4-13(15)14(16)8-11/h3-4,8,12,17H,2,5-7,9-10H2,1H3. The van der Waals surface area contributed by atoms with Gasteiger partial charge in [-0.1, -0.05) is 13.0 Å². The summed E-state index contributed by atoms with van der Waals surface area (Å²) in [6.45, 7) is 5.86. The third kappa shape index (κ3) is 3.27. The molecule has 1 heterocycles. The minimum Gasteiger partial charge on any atom is -0.315 e. The molecule has 0 saturated carbocycles. The SMILES string of the molecule is CCCN(Cc1ccc(F)c(F)c1)C1CCNC1. The molecule has 1 saturated heterocycles. The van der Waals surface area contributed by atoms with Crippen LogP contribution in [0, 0.1) is 11.6 Å². The maximum atomic E-state index is 13.2. The number of hydrogen-bond acceptors (Lipinski definition) is 2. The Hall–Kier alpha value is -1.00. The van der Waals surface area contributed by atoms with Crippen molar-refractivity contribution >= 4 is 0 Å². The molecule has 0 bridgehead atoms. The topological polar surface area (TPSA) is 15.3 Å². The van der Waals surface area contributed by atoms with E-state index in [4.69, 9.17) is 0 Å². The zero-order valence-electron chi connectivity index (χ0n) is 10.8. The van der Waals surface area contributed by atoms with Gasteiger partial charge in [0, 0.05) is 19.1 Å². The van der Waals surface area contributed by atoms with Crippen LogP contribution in [0.25, 0.3) is 0 Å². The lowest BCUT2D eigenvalue weighted by atomic mass is 10.1. The summed E-state index contributed by atoms with van der Waals surface area (Å²) in [5.41, 5.74) is 0.842. The van der Waals surface area contributed by atoms with E-state index < -0.39 is 11.6 Å². The first-order valence-corrected chi connectivity index (χ1v) is 6.59. The summed E-state index contributed by atoms with van der Waals surface area (Å²) in [5, 5.41) is 3.34. The summed E-state index contributed by atoms with van der Waals surface area (Å²) in [4.78, 5) is 2.35. The van der Waals surface area contributed by atoms with Crippen LogP contribution in [0.15, 0.2) is 18.2 Å². The second kappa shape index (κ2) is 6.25. The molecular weight excluding hydrogens is 234 g/mol. The minimum absolute atomic E-state index is 0.512. The Balaban J connectivity index is 2.04. The molecule has 1 aliphatic heterocycles. The Bertz CT molecular complexity index is 389. The molecule has 4 heteroatoms. The van der Waals surface area contributed by atoms with Gasteiger partial charge in [-0.15, -0.1) is 0 Å². The molecule has 1 aromatic rings. The fourth-order valence-electron chi connectivity index (χ4n) is 2.50. The Kier molecular flexibility index (Phi) is 4.66. The van der Waals surface area contributed by atoms with Crippen LogP contribution in [0.4, 0.5) is 8.78 Å². The summed E-state index contributed by atoms with van der Waals surface area (Å²) < 4.78 is 26.1. The van der Waals surface area contributed by atoms with Crippen LogP contribution < -0.4 is 5.32 Å². The second-order valence-electron chi connectivity index (χ2n) is 4.87. The molecule has 1 N–H and O–H groups in total. The van der Waals surface area contributed by atoms with Gasteiger partial charge in [-0.25, -0.2) is 8.78 Å². The Morgan fingerprint density at radius 1 is 1.33 bits per heavy atom. The van der Waals surface area contributed by atoms with Gasteiger partial charge in [0.1, 0.15) is 0 Å². The number of nitrogens with one attached hydrogen (secondary N) is 1. The first-order valence-electron chi connectivity index (χ1n) is 6.59. The van der Waals surface area contributed by atoms with Gasteiger partial charge in [0.05, 0.1) is 0 Å². The first kappa shape index (κ1) is 13.4. The predicted molar refractivity (Wildman–Crippen MR) is 68.3 cm³/mol. The normalized spacial score (nSPS) is 19.7. The highest BCUT2D eigenvalue weighted by atomic mass is 19.2. The minimum atomic E-state index is -0.775. The van der Waals surface area contributed by atoms with Gasteiger partial charge >= 0.3 is 0 Å². The monoisotopic (exact) mass is 254 g/mol. The summed E-state index contributed by atoms with van der Waals surface area (Å²) in [6.07, 6.45) is 2.20. The number of halogens is 2. The lowest BCUT2D eigenvalue weighted by Crippen LogP contribution is -2.36. The Morgan fingerprint density at radius 3 is 2.78 bits per heavy atom. The maximum Gasteiger partial charge on any atom is 0.159 e. The van der Waals surface area contributed by atoms with Crippen LogP contribution in [-0.2, 0) is 6.54 Å². The predicted octanol–water partition coefficient (Wildman–Crippen LogP) is 2.54. The van der Waals surface area contributed by atoms with Crippen LogP contribution >= 0.6 is 0 Å². The van der Waals surface area contributed by atoms with E-state index in [0.29, 0.717) is 12.6 Å². The molecule has 2 rings (SSSR count). The van der Waals surface area contributed by atoms with E-state index in [9.17, 15) is 8.78 Å². The molecule has 100 valence electrons. The van der Waals surface area contributed by atoms with E-state index in [-0.39, 0.29) is 0 Å². The van der Waals surface area contributed by atoms with E-state index in [0.717, 1.165) is 38.0 Å². The van der Waals surface area contributed by atoms with E-state index in [1.807, 2.05) is 0 Å². The van der Waals surface area contributed by atoms with Gasteiger partial charge in [0.15, 0.2) is 11.6 Å². The molecule has 1 atom stereocenters. The van der Waals surface area contributed by atoms with Crippen LogP contribution in [0.5, 0.6) is 0 Å². The fourth-order valence-corrected chi connectivity index (χ4v) is 2.50. The van der Waals surface area contributed by atoms with Crippen molar-refractivity contribution in [1.82, 2.24) is 10.2 Å². The quantitative estimate of drug-likeness (QED) is 0.868. The van der Waals surface area contributed by atoms with Gasteiger partial charge in [-0.05, 0) is 43.6 Å².